The molecule has 4 nitrogen and oxygen atoms in total. The molecule has 90 valence electrons. The fourth-order valence-corrected chi connectivity index (χ4v) is 1.92. The van der Waals surface area contributed by atoms with Crippen molar-refractivity contribution in [3.05, 3.63) is 47.3 Å². The third-order valence-electron chi connectivity index (χ3n) is 2.77. The lowest BCUT2D eigenvalue weighted by atomic mass is 10.2. The molecule has 0 saturated heterocycles. The van der Waals surface area contributed by atoms with Crippen molar-refractivity contribution < 1.29 is 0 Å². The van der Waals surface area contributed by atoms with E-state index in [4.69, 9.17) is 5.73 Å². The van der Waals surface area contributed by atoms with Gasteiger partial charge >= 0.3 is 0 Å². The van der Waals surface area contributed by atoms with Crippen LogP contribution in [0.2, 0.25) is 0 Å². The largest absolute Gasteiger partial charge is 0.325 e. The van der Waals surface area contributed by atoms with Gasteiger partial charge in [-0.2, -0.15) is 0 Å². The first-order valence-electron chi connectivity index (χ1n) is 6.00. The van der Waals surface area contributed by atoms with E-state index in [0.717, 1.165) is 25.1 Å². The van der Waals surface area contributed by atoms with Crippen molar-refractivity contribution in [2.45, 2.75) is 32.9 Å². The van der Waals surface area contributed by atoms with Gasteiger partial charge in [0.15, 0.2) is 0 Å². The monoisotopic (exact) mass is 230 g/mol. The molecule has 0 amide bonds. The average molecular weight is 230 g/mol. The molecule has 2 rings (SSSR count). The van der Waals surface area contributed by atoms with E-state index in [0.29, 0.717) is 6.54 Å². The highest BCUT2D eigenvalue weighted by Crippen LogP contribution is 2.10. The topological polar surface area (TPSA) is 56.7 Å². The zero-order valence-corrected chi connectivity index (χ0v) is 10.1. The third-order valence-corrected chi connectivity index (χ3v) is 2.77. The van der Waals surface area contributed by atoms with Gasteiger partial charge in [0.25, 0.3) is 0 Å². The Labute approximate surface area is 101 Å². The second-order valence-corrected chi connectivity index (χ2v) is 4.08. The van der Waals surface area contributed by atoms with Gasteiger partial charge in [-0.05, 0) is 12.0 Å². The molecule has 0 aliphatic rings. The summed E-state index contributed by atoms with van der Waals surface area (Å²) in [6.07, 6.45) is 2.06. The molecular formula is C13H18N4. The maximum Gasteiger partial charge on any atom is 0.0994 e. The lowest BCUT2D eigenvalue weighted by molar-refractivity contribution is 0.613. The molecule has 1 aromatic carbocycles. The quantitative estimate of drug-likeness (QED) is 0.851. The predicted octanol–water partition coefficient (Wildman–Crippen LogP) is 1.74. The Kier molecular flexibility index (Phi) is 3.88. The summed E-state index contributed by atoms with van der Waals surface area (Å²) in [6.45, 7) is 3.38. The van der Waals surface area contributed by atoms with Crippen LogP contribution >= 0.6 is 0 Å². The van der Waals surface area contributed by atoms with E-state index in [-0.39, 0.29) is 0 Å². The minimum Gasteiger partial charge on any atom is -0.325 e. The van der Waals surface area contributed by atoms with Gasteiger partial charge in [0.2, 0.25) is 0 Å². The lowest BCUT2D eigenvalue weighted by Crippen LogP contribution is -2.08. The molecule has 1 aromatic heterocycles. The number of aromatic nitrogens is 3. The SMILES string of the molecule is CCCc1c(CN)nnn1Cc1ccccc1. The second kappa shape index (κ2) is 5.59. The molecule has 0 unspecified atom stereocenters. The van der Waals surface area contributed by atoms with E-state index in [1.807, 2.05) is 22.9 Å². The standard InChI is InChI=1S/C13H18N4/c1-2-6-13-12(9-14)15-16-17(13)10-11-7-4-3-5-8-11/h3-5,7-8H,2,6,9-10,14H2,1H3. The number of hydrogen-bond acceptors (Lipinski definition) is 3. The van der Waals surface area contributed by atoms with E-state index in [1.54, 1.807) is 0 Å². The Morgan fingerprint density at radius 1 is 1.24 bits per heavy atom. The Morgan fingerprint density at radius 3 is 2.65 bits per heavy atom. The molecule has 0 saturated carbocycles. The normalized spacial score (nSPS) is 10.7. The van der Waals surface area contributed by atoms with Gasteiger partial charge < -0.3 is 5.73 Å². The number of rotatable bonds is 5. The van der Waals surface area contributed by atoms with Gasteiger partial charge in [-0.25, -0.2) is 4.68 Å². The zero-order valence-electron chi connectivity index (χ0n) is 10.1. The fraction of sp³-hybridized carbons (Fsp3) is 0.385. The van der Waals surface area contributed by atoms with Crippen LogP contribution in [0, 0.1) is 0 Å². The number of hydrogen-bond donors (Lipinski definition) is 1. The molecule has 0 aliphatic carbocycles. The zero-order chi connectivity index (χ0) is 12.1. The Hall–Kier alpha value is -1.68. The van der Waals surface area contributed by atoms with Gasteiger partial charge in [-0.15, -0.1) is 5.10 Å². The van der Waals surface area contributed by atoms with Crippen molar-refractivity contribution in [3.63, 3.8) is 0 Å². The van der Waals surface area contributed by atoms with Crippen LogP contribution in [-0.4, -0.2) is 15.0 Å². The summed E-state index contributed by atoms with van der Waals surface area (Å²) in [5, 5.41) is 8.32. The van der Waals surface area contributed by atoms with Gasteiger partial charge in [-0.1, -0.05) is 48.9 Å². The van der Waals surface area contributed by atoms with Crippen molar-refractivity contribution in [1.82, 2.24) is 15.0 Å². The second-order valence-electron chi connectivity index (χ2n) is 4.08. The van der Waals surface area contributed by atoms with Gasteiger partial charge in [-0.3, -0.25) is 0 Å². The van der Waals surface area contributed by atoms with E-state index < -0.39 is 0 Å². The van der Waals surface area contributed by atoms with Gasteiger partial charge in [0.05, 0.1) is 17.9 Å². The summed E-state index contributed by atoms with van der Waals surface area (Å²) >= 11 is 0. The molecule has 0 atom stereocenters. The predicted molar refractivity (Wildman–Crippen MR) is 67.5 cm³/mol. The van der Waals surface area contributed by atoms with E-state index in [1.165, 1.54) is 11.3 Å². The van der Waals surface area contributed by atoms with Crippen LogP contribution < -0.4 is 5.73 Å². The molecule has 0 aliphatic heterocycles. The van der Waals surface area contributed by atoms with E-state index in [9.17, 15) is 0 Å². The molecule has 0 spiro atoms. The van der Waals surface area contributed by atoms with Gasteiger partial charge in [0.1, 0.15) is 0 Å². The first-order valence-corrected chi connectivity index (χ1v) is 6.00. The number of benzene rings is 1. The van der Waals surface area contributed by atoms with E-state index in [2.05, 4.69) is 29.4 Å². The summed E-state index contributed by atoms with van der Waals surface area (Å²) < 4.78 is 1.96. The first kappa shape index (κ1) is 11.8. The molecule has 0 radical (unpaired) electrons. The summed E-state index contributed by atoms with van der Waals surface area (Å²) in [6, 6.07) is 10.3. The van der Waals surface area contributed by atoms with Crippen LogP contribution in [0.1, 0.15) is 30.3 Å². The molecule has 17 heavy (non-hydrogen) atoms. The fourth-order valence-electron chi connectivity index (χ4n) is 1.92. The smallest absolute Gasteiger partial charge is 0.0994 e. The summed E-state index contributed by atoms with van der Waals surface area (Å²) in [7, 11) is 0. The molecule has 0 bridgehead atoms. The first-order chi connectivity index (χ1) is 8.35. The Bertz CT molecular complexity index is 462. The molecule has 4 heteroatoms. The molecule has 2 N–H and O–H groups in total. The minimum atomic E-state index is 0.462. The Morgan fingerprint density at radius 2 is 2.00 bits per heavy atom. The highest BCUT2D eigenvalue weighted by molar-refractivity contribution is 5.17. The molecule has 1 heterocycles. The maximum absolute atomic E-state index is 5.67. The van der Waals surface area contributed by atoms with Gasteiger partial charge in [0, 0.05) is 6.54 Å². The molecule has 0 fully saturated rings. The van der Waals surface area contributed by atoms with Crippen LogP contribution in [0.5, 0.6) is 0 Å². The summed E-state index contributed by atoms with van der Waals surface area (Å²) in [5.41, 5.74) is 8.99. The average Bonchev–Trinajstić information content (AvgIpc) is 2.74. The van der Waals surface area contributed by atoms with Crippen molar-refractivity contribution in [2.24, 2.45) is 5.73 Å². The lowest BCUT2D eigenvalue weighted by Gasteiger charge is -2.06. The highest BCUT2D eigenvalue weighted by atomic mass is 15.4. The van der Waals surface area contributed by atoms with Crippen molar-refractivity contribution in [3.8, 4) is 0 Å². The molecular weight excluding hydrogens is 212 g/mol. The minimum absolute atomic E-state index is 0.462. The van der Waals surface area contributed by atoms with Crippen LogP contribution in [0.3, 0.4) is 0 Å². The number of nitrogens with two attached hydrogens (primary N) is 1. The van der Waals surface area contributed by atoms with Crippen molar-refractivity contribution >= 4 is 0 Å². The highest BCUT2D eigenvalue weighted by Gasteiger charge is 2.10. The summed E-state index contributed by atoms with van der Waals surface area (Å²) in [4.78, 5) is 0. The third kappa shape index (κ3) is 2.71. The van der Waals surface area contributed by atoms with Crippen LogP contribution in [0.15, 0.2) is 30.3 Å². The van der Waals surface area contributed by atoms with Crippen LogP contribution in [0.4, 0.5) is 0 Å². The van der Waals surface area contributed by atoms with Crippen LogP contribution in [-0.2, 0) is 19.5 Å². The Balaban J connectivity index is 2.23. The number of nitrogens with zero attached hydrogens (tertiary/aromatic N) is 3. The van der Waals surface area contributed by atoms with Crippen molar-refractivity contribution in [1.29, 1.82) is 0 Å². The summed E-state index contributed by atoms with van der Waals surface area (Å²) in [5.74, 6) is 0. The maximum atomic E-state index is 5.67. The van der Waals surface area contributed by atoms with Crippen molar-refractivity contribution in [2.75, 3.05) is 0 Å². The van der Waals surface area contributed by atoms with E-state index >= 15 is 0 Å². The van der Waals surface area contributed by atoms with Crippen LogP contribution in [0.25, 0.3) is 0 Å². The molecule has 2 aromatic rings.